The number of carbonyl (C=O) groups excluding carboxylic acids is 1. The third-order valence-corrected chi connectivity index (χ3v) is 5.74. The van der Waals surface area contributed by atoms with Crippen molar-refractivity contribution in [3.8, 4) is 11.5 Å². The van der Waals surface area contributed by atoms with E-state index in [9.17, 15) is 14.7 Å². The summed E-state index contributed by atoms with van der Waals surface area (Å²) in [5.41, 5.74) is 1.08. The summed E-state index contributed by atoms with van der Waals surface area (Å²) >= 11 is 0. The Morgan fingerprint density at radius 3 is 2.61 bits per heavy atom. The Morgan fingerprint density at radius 2 is 1.82 bits per heavy atom. The van der Waals surface area contributed by atoms with E-state index in [4.69, 9.17) is 9.47 Å². The van der Waals surface area contributed by atoms with E-state index in [-0.39, 0.29) is 30.3 Å². The van der Waals surface area contributed by atoms with Gasteiger partial charge in [0.15, 0.2) is 11.5 Å². The van der Waals surface area contributed by atoms with Crippen molar-refractivity contribution in [2.45, 2.75) is 31.7 Å². The molecular formula is C20H27ClN2O5. The SMILES string of the molecule is Cl.O=C(O)C1CCCN(CC(=O)N2CCCC2c2ccc3c(c2)OCCO3)C1. The van der Waals surface area contributed by atoms with Crippen LogP contribution in [0.15, 0.2) is 18.2 Å². The first kappa shape index (κ1) is 20.7. The van der Waals surface area contributed by atoms with Crippen LogP contribution in [0.1, 0.15) is 37.3 Å². The van der Waals surface area contributed by atoms with Crippen molar-refractivity contribution in [1.29, 1.82) is 0 Å². The second kappa shape index (κ2) is 9.01. The van der Waals surface area contributed by atoms with Crippen LogP contribution in [0.25, 0.3) is 0 Å². The molecule has 0 spiro atoms. The zero-order valence-electron chi connectivity index (χ0n) is 15.8. The lowest BCUT2D eigenvalue weighted by Crippen LogP contribution is -2.45. The third kappa shape index (κ3) is 4.36. The minimum atomic E-state index is -0.762. The fourth-order valence-corrected chi connectivity index (χ4v) is 4.36. The number of rotatable bonds is 4. The summed E-state index contributed by atoms with van der Waals surface area (Å²) in [6, 6.07) is 5.98. The van der Waals surface area contributed by atoms with E-state index in [0.717, 1.165) is 49.4 Å². The molecule has 3 aliphatic heterocycles. The first-order valence-corrected chi connectivity index (χ1v) is 9.76. The van der Waals surface area contributed by atoms with Crippen LogP contribution in [0.4, 0.5) is 0 Å². The largest absolute Gasteiger partial charge is 0.486 e. The van der Waals surface area contributed by atoms with Crippen LogP contribution >= 0.6 is 12.4 Å². The number of piperidine rings is 1. The van der Waals surface area contributed by atoms with Gasteiger partial charge in [-0.25, -0.2) is 0 Å². The number of fused-ring (bicyclic) bond motifs is 1. The van der Waals surface area contributed by atoms with Crippen LogP contribution in [-0.4, -0.2) is 66.2 Å². The van der Waals surface area contributed by atoms with Gasteiger partial charge in [-0.2, -0.15) is 0 Å². The highest BCUT2D eigenvalue weighted by molar-refractivity contribution is 5.85. The Hall–Kier alpha value is -1.99. The lowest BCUT2D eigenvalue weighted by atomic mass is 9.98. The predicted molar refractivity (Wildman–Crippen MR) is 105 cm³/mol. The third-order valence-electron chi connectivity index (χ3n) is 5.74. The Balaban J connectivity index is 0.00000225. The summed E-state index contributed by atoms with van der Waals surface area (Å²) in [7, 11) is 0. The van der Waals surface area contributed by atoms with Crippen LogP contribution in [-0.2, 0) is 9.59 Å². The molecule has 1 aromatic carbocycles. The molecule has 3 aliphatic rings. The highest BCUT2D eigenvalue weighted by Crippen LogP contribution is 2.38. The Kier molecular flexibility index (Phi) is 6.67. The lowest BCUT2D eigenvalue weighted by molar-refractivity contribution is -0.145. The number of nitrogens with zero attached hydrogens (tertiary/aromatic N) is 2. The molecule has 0 saturated carbocycles. The molecule has 154 valence electrons. The minimum absolute atomic E-state index is 0. The van der Waals surface area contributed by atoms with Crippen LogP contribution in [0.5, 0.6) is 11.5 Å². The molecule has 28 heavy (non-hydrogen) atoms. The summed E-state index contributed by atoms with van der Waals surface area (Å²) in [6.07, 6.45) is 3.44. The fourth-order valence-electron chi connectivity index (χ4n) is 4.36. The molecule has 1 amide bonds. The molecule has 4 rings (SSSR count). The molecule has 1 aromatic rings. The van der Waals surface area contributed by atoms with Crippen molar-refractivity contribution >= 4 is 24.3 Å². The number of carboxylic acid groups (broad SMARTS) is 1. The zero-order chi connectivity index (χ0) is 18.8. The maximum Gasteiger partial charge on any atom is 0.307 e. The molecular weight excluding hydrogens is 384 g/mol. The van der Waals surface area contributed by atoms with Crippen molar-refractivity contribution in [1.82, 2.24) is 9.80 Å². The van der Waals surface area contributed by atoms with Gasteiger partial charge in [0, 0.05) is 13.1 Å². The second-order valence-corrected chi connectivity index (χ2v) is 7.56. The van der Waals surface area contributed by atoms with E-state index in [0.29, 0.717) is 32.7 Å². The smallest absolute Gasteiger partial charge is 0.307 e. The minimum Gasteiger partial charge on any atom is -0.486 e. The van der Waals surface area contributed by atoms with Gasteiger partial charge in [0.2, 0.25) is 5.91 Å². The average molecular weight is 411 g/mol. The number of halogens is 1. The molecule has 1 N–H and O–H groups in total. The van der Waals surface area contributed by atoms with E-state index >= 15 is 0 Å². The number of aliphatic carboxylic acids is 1. The number of benzene rings is 1. The summed E-state index contributed by atoms with van der Waals surface area (Å²) in [5, 5.41) is 9.25. The highest BCUT2D eigenvalue weighted by Gasteiger charge is 2.33. The van der Waals surface area contributed by atoms with E-state index in [1.807, 2.05) is 28.0 Å². The normalized spacial score (nSPS) is 24.5. The lowest BCUT2D eigenvalue weighted by Gasteiger charge is -2.33. The van der Waals surface area contributed by atoms with Gasteiger partial charge in [0.05, 0.1) is 18.5 Å². The van der Waals surface area contributed by atoms with E-state index < -0.39 is 5.97 Å². The van der Waals surface area contributed by atoms with Crippen molar-refractivity contribution in [3.05, 3.63) is 23.8 Å². The number of likely N-dealkylation sites (tertiary alicyclic amines) is 2. The number of hydrogen-bond acceptors (Lipinski definition) is 5. The van der Waals surface area contributed by atoms with E-state index in [2.05, 4.69) is 0 Å². The molecule has 8 heteroatoms. The van der Waals surface area contributed by atoms with Gasteiger partial charge in [-0.05, 0) is 49.9 Å². The van der Waals surface area contributed by atoms with Gasteiger partial charge in [-0.15, -0.1) is 12.4 Å². The molecule has 0 aromatic heterocycles. The van der Waals surface area contributed by atoms with Gasteiger partial charge in [0.1, 0.15) is 13.2 Å². The molecule has 0 aliphatic carbocycles. The number of carboxylic acids is 1. The molecule has 2 saturated heterocycles. The topological polar surface area (TPSA) is 79.3 Å². The van der Waals surface area contributed by atoms with Crippen LogP contribution < -0.4 is 9.47 Å². The van der Waals surface area contributed by atoms with Gasteiger partial charge in [-0.3, -0.25) is 14.5 Å². The van der Waals surface area contributed by atoms with Crippen LogP contribution in [0.2, 0.25) is 0 Å². The molecule has 3 heterocycles. The molecule has 2 fully saturated rings. The summed E-state index contributed by atoms with van der Waals surface area (Å²) in [6.45, 7) is 3.40. The monoisotopic (exact) mass is 410 g/mol. The first-order chi connectivity index (χ1) is 13.1. The second-order valence-electron chi connectivity index (χ2n) is 7.56. The number of ether oxygens (including phenoxy) is 2. The van der Waals surface area contributed by atoms with Gasteiger partial charge < -0.3 is 19.5 Å². The standard InChI is InChI=1S/C20H26N2O5.ClH/c23-19(13-21-7-1-3-15(12-21)20(24)25)22-8-2-4-16(22)14-5-6-17-18(11-14)27-10-9-26-17;/h5-6,11,15-16H,1-4,7-10,12-13H2,(H,24,25);1H. The summed E-state index contributed by atoms with van der Waals surface area (Å²) in [5.74, 6) is 0.465. The Bertz CT molecular complexity index is 729. The number of amides is 1. The van der Waals surface area contributed by atoms with E-state index in [1.54, 1.807) is 0 Å². The molecule has 0 bridgehead atoms. The average Bonchev–Trinajstić information content (AvgIpc) is 3.18. The van der Waals surface area contributed by atoms with Crippen molar-refractivity contribution in [3.63, 3.8) is 0 Å². The van der Waals surface area contributed by atoms with Crippen LogP contribution in [0.3, 0.4) is 0 Å². The Labute approximate surface area is 171 Å². The van der Waals surface area contributed by atoms with E-state index in [1.165, 1.54) is 0 Å². The summed E-state index contributed by atoms with van der Waals surface area (Å²) in [4.78, 5) is 28.1. The van der Waals surface area contributed by atoms with Crippen molar-refractivity contribution < 1.29 is 24.2 Å². The van der Waals surface area contributed by atoms with Crippen molar-refractivity contribution in [2.75, 3.05) is 39.4 Å². The van der Waals surface area contributed by atoms with Crippen LogP contribution in [0, 0.1) is 5.92 Å². The predicted octanol–water partition coefficient (Wildman–Crippen LogP) is 2.34. The summed E-state index contributed by atoms with van der Waals surface area (Å²) < 4.78 is 11.3. The molecule has 0 radical (unpaired) electrons. The number of carbonyl (C=O) groups is 2. The quantitative estimate of drug-likeness (QED) is 0.820. The first-order valence-electron chi connectivity index (χ1n) is 9.76. The van der Waals surface area contributed by atoms with Gasteiger partial charge >= 0.3 is 5.97 Å². The van der Waals surface area contributed by atoms with Crippen molar-refractivity contribution in [2.24, 2.45) is 5.92 Å². The maximum absolute atomic E-state index is 12.9. The molecule has 7 nitrogen and oxygen atoms in total. The fraction of sp³-hybridized carbons (Fsp3) is 0.600. The number of hydrogen-bond donors (Lipinski definition) is 1. The van der Waals surface area contributed by atoms with Gasteiger partial charge in [-0.1, -0.05) is 6.07 Å². The Morgan fingerprint density at radius 1 is 1.07 bits per heavy atom. The highest BCUT2D eigenvalue weighted by atomic mass is 35.5. The molecule has 2 atom stereocenters. The zero-order valence-corrected chi connectivity index (χ0v) is 16.7. The van der Waals surface area contributed by atoms with Gasteiger partial charge in [0.25, 0.3) is 0 Å². The molecule has 2 unspecified atom stereocenters. The maximum atomic E-state index is 12.9.